The molecule has 1 saturated heterocycles. The van der Waals surface area contributed by atoms with Crippen LogP contribution < -0.4 is 0 Å². The Morgan fingerprint density at radius 1 is 1.17 bits per heavy atom. The summed E-state index contributed by atoms with van der Waals surface area (Å²) in [7, 11) is 0. The zero-order valence-electron chi connectivity index (χ0n) is 13.6. The zero-order chi connectivity index (χ0) is 17.3. The molecule has 0 bridgehead atoms. The van der Waals surface area contributed by atoms with Gasteiger partial charge in [0.15, 0.2) is 0 Å². The van der Waals surface area contributed by atoms with Gasteiger partial charge in [-0.3, -0.25) is 0 Å². The van der Waals surface area contributed by atoms with Crippen LogP contribution in [-0.4, -0.2) is 29.7 Å². The average Bonchev–Trinajstić information content (AvgIpc) is 2.34. The number of hydrogen-bond acceptors (Lipinski definition) is 2. The predicted octanol–water partition coefficient (Wildman–Crippen LogP) is 4.50. The second kappa shape index (κ2) is 6.42. The van der Waals surface area contributed by atoms with Gasteiger partial charge in [0.1, 0.15) is 5.60 Å². The first-order valence-corrected chi connectivity index (χ1v) is 7.69. The zero-order valence-corrected chi connectivity index (χ0v) is 13.6. The minimum Gasteiger partial charge on any atom is -0.444 e. The number of hydrogen-bond donors (Lipinski definition) is 0. The van der Waals surface area contributed by atoms with Gasteiger partial charge in [0, 0.05) is 13.1 Å². The van der Waals surface area contributed by atoms with Gasteiger partial charge in [-0.2, -0.15) is 13.2 Å². The third kappa shape index (κ3) is 5.15. The van der Waals surface area contributed by atoms with Crippen LogP contribution in [-0.2, 0) is 17.3 Å². The van der Waals surface area contributed by atoms with Crippen LogP contribution in [0, 0.1) is 5.92 Å². The highest BCUT2D eigenvalue weighted by molar-refractivity contribution is 5.69. The van der Waals surface area contributed by atoms with Crippen LogP contribution in [0.2, 0.25) is 0 Å². The second-order valence-corrected chi connectivity index (χ2v) is 6.98. The summed E-state index contributed by atoms with van der Waals surface area (Å²) >= 11 is 0. The van der Waals surface area contributed by atoms with Crippen molar-refractivity contribution < 1.29 is 22.7 Å². The van der Waals surface area contributed by atoms with Crippen molar-refractivity contribution in [1.82, 2.24) is 4.90 Å². The fourth-order valence-corrected chi connectivity index (χ4v) is 2.46. The third-order valence-electron chi connectivity index (χ3n) is 3.73. The molecule has 1 aliphatic heterocycles. The second-order valence-electron chi connectivity index (χ2n) is 6.98. The van der Waals surface area contributed by atoms with E-state index in [1.165, 1.54) is 12.1 Å². The Balaban J connectivity index is 1.74. The minimum absolute atomic E-state index is 0.303. The van der Waals surface area contributed by atoms with Crippen molar-refractivity contribution in [1.29, 1.82) is 0 Å². The molecule has 1 amide bonds. The van der Waals surface area contributed by atoms with E-state index in [9.17, 15) is 18.0 Å². The van der Waals surface area contributed by atoms with E-state index in [1.54, 1.807) is 4.90 Å². The highest BCUT2D eigenvalue weighted by Gasteiger charge is 2.33. The van der Waals surface area contributed by atoms with E-state index in [0.717, 1.165) is 24.1 Å². The molecule has 2 rings (SSSR count). The molecule has 3 nitrogen and oxygen atoms in total. The lowest BCUT2D eigenvalue weighted by Crippen LogP contribution is -2.51. The number of aryl methyl sites for hydroxylation is 1. The van der Waals surface area contributed by atoms with Gasteiger partial charge >= 0.3 is 12.3 Å². The monoisotopic (exact) mass is 329 g/mol. The van der Waals surface area contributed by atoms with Crippen molar-refractivity contribution in [3.63, 3.8) is 0 Å². The highest BCUT2D eigenvalue weighted by atomic mass is 19.4. The summed E-state index contributed by atoms with van der Waals surface area (Å²) in [4.78, 5) is 13.4. The summed E-state index contributed by atoms with van der Waals surface area (Å²) in [6.45, 7) is 6.78. The minimum atomic E-state index is -4.29. The van der Waals surface area contributed by atoms with Crippen molar-refractivity contribution in [2.24, 2.45) is 5.92 Å². The van der Waals surface area contributed by atoms with Crippen molar-refractivity contribution in [2.75, 3.05) is 13.1 Å². The number of carbonyl (C=O) groups is 1. The highest BCUT2D eigenvalue weighted by Crippen LogP contribution is 2.29. The number of rotatable bonds is 3. The maximum absolute atomic E-state index is 12.5. The SMILES string of the molecule is CC(C)(C)OC(=O)N1CC(CCc2ccc(C(F)(F)F)cc2)C1. The van der Waals surface area contributed by atoms with E-state index in [0.29, 0.717) is 25.4 Å². The summed E-state index contributed by atoms with van der Waals surface area (Å²) in [5, 5.41) is 0. The molecule has 0 aliphatic carbocycles. The number of benzene rings is 1. The van der Waals surface area contributed by atoms with E-state index in [2.05, 4.69) is 0 Å². The van der Waals surface area contributed by atoms with Crippen LogP contribution in [0.3, 0.4) is 0 Å². The van der Waals surface area contributed by atoms with Crippen LogP contribution in [0.1, 0.15) is 38.3 Å². The first kappa shape index (κ1) is 17.6. The topological polar surface area (TPSA) is 29.5 Å². The Morgan fingerprint density at radius 3 is 2.22 bits per heavy atom. The molecule has 1 heterocycles. The van der Waals surface area contributed by atoms with Crippen LogP contribution in [0.25, 0.3) is 0 Å². The maximum Gasteiger partial charge on any atom is 0.416 e. The Hall–Kier alpha value is -1.72. The van der Waals surface area contributed by atoms with E-state index in [-0.39, 0.29) is 6.09 Å². The Bertz CT molecular complexity index is 540. The molecule has 1 aromatic carbocycles. The van der Waals surface area contributed by atoms with Gasteiger partial charge < -0.3 is 9.64 Å². The first-order chi connectivity index (χ1) is 10.5. The first-order valence-electron chi connectivity index (χ1n) is 7.69. The molecule has 23 heavy (non-hydrogen) atoms. The van der Waals surface area contributed by atoms with E-state index >= 15 is 0 Å². The van der Waals surface area contributed by atoms with Gasteiger partial charge in [0.25, 0.3) is 0 Å². The fourth-order valence-electron chi connectivity index (χ4n) is 2.46. The molecular formula is C17H22F3NO2. The molecule has 0 N–H and O–H groups in total. The van der Waals surface area contributed by atoms with Gasteiger partial charge in [-0.1, -0.05) is 12.1 Å². The molecule has 1 aliphatic rings. The average molecular weight is 329 g/mol. The maximum atomic E-state index is 12.5. The third-order valence-corrected chi connectivity index (χ3v) is 3.73. The molecule has 0 unspecified atom stereocenters. The molecule has 128 valence electrons. The lowest BCUT2D eigenvalue weighted by molar-refractivity contribution is -0.137. The van der Waals surface area contributed by atoms with Gasteiger partial charge in [0.2, 0.25) is 0 Å². The van der Waals surface area contributed by atoms with Crippen LogP contribution in [0.4, 0.5) is 18.0 Å². The Labute approximate surface area is 134 Å². The standard InChI is InChI=1S/C17H22F3NO2/c1-16(2,3)23-15(22)21-10-13(11-21)5-4-12-6-8-14(9-7-12)17(18,19)20/h6-9,13H,4-5,10-11H2,1-3H3. The number of carbonyl (C=O) groups excluding carboxylic acids is 1. The van der Waals surface area contributed by atoms with Crippen LogP contribution >= 0.6 is 0 Å². The molecule has 6 heteroatoms. The molecule has 1 aromatic rings. The molecule has 0 saturated carbocycles. The van der Waals surface area contributed by atoms with Gasteiger partial charge in [-0.15, -0.1) is 0 Å². The Morgan fingerprint density at radius 2 is 1.74 bits per heavy atom. The smallest absolute Gasteiger partial charge is 0.416 e. The van der Waals surface area contributed by atoms with Crippen molar-refractivity contribution >= 4 is 6.09 Å². The number of amides is 1. The largest absolute Gasteiger partial charge is 0.444 e. The summed E-state index contributed by atoms with van der Waals surface area (Å²) in [6, 6.07) is 5.27. The van der Waals surface area contributed by atoms with E-state index in [4.69, 9.17) is 4.74 Å². The summed E-state index contributed by atoms with van der Waals surface area (Å²) in [6.07, 6.45) is -3.03. The van der Waals surface area contributed by atoms with Crippen LogP contribution in [0.5, 0.6) is 0 Å². The van der Waals surface area contributed by atoms with Crippen LogP contribution in [0.15, 0.2) is 24.3 Å². The number of likely N-dealkylation sites (tertiary alicyclic amines) is 1. The predicted molar refractivity (Wildman–Crippen MR) is 81.1 cm³/mol. The number of halogens is 3. The van der Waals surface area contributed by atoms with Crippen molar-refractivity contribution in [3.05, 3.63) is 35.4 Å². The molecule has 1 fully saturated rings. The van der Waals surface area contributed by atoms with E-state index < -0.39 is 17.3 Å². The lowest BCUT2D eigenvalue weighted by Gasteiger charge is -2.39. The normalized spacial score (nSPS) is 16.2. The number of alkyl halides is 3. The number of ether oxygens (including phenoxy) is 1. The quantitative estimate of drug-likeness (QED) is 0.817. The number of nitrogens with zero attached hydrogens (tertiary/aromatic N) is 1. The van der Waals surface area contributed by atoms with Gasteiger partial charge in [0.05, 0.1) is 5.56 Å². The molecule has 0 atom stereocenters. The molecule has 0 spiro atoms. The molecular weight excluding hydrogens is 307 g/mol. The molecule has 0 radical (unpaired) electrons. The fraction of sp³-hybridized carbons (Fsp3) is 0.588. The summed E-state index contributed by atoms with van der Waals surface area (Å²) in [5.41, 5.74) is -0.239. The van der Waals surface area contributed by atoms with Gasteiger partial charge in [-0.05, 0) is 57.2 Å². The Kier molecular flexibility index (Phi) is 4.92. The summed E-state index contributed by atoms with van der Waals surface area (Å²) in [5.74, 6) is 0.379. The lowest BCUT2D eigenvalue weighted by atomic mass is 9.93. The van der Waals surface area contributed by atoms with E-state index in [1.807, 2.05) is 20.8 Å². The van der Waals surface area contributed by atoms with Crippen molar-refractivity contribution in [3.8, 4) is 0 Å². The summed E-state index contributed by atoms with van der Waals surface area (Å²) < 4.78 is 42.7. The molecule has 0 aromatic heterocycles. The van der Waals surface area contributed by atoms with Crippen molar-refractivity contribution in [2.45, 2.75) is 45.4 Å². The van der Waals surface area contributed by atoms with Gasteiger partial charge in [-0.25, -0.2) is 4.79 Å².